The lowest BCUT2D eigenvalue weighted by molar-refractivity contribution is 0.171. The van der Waals surface area contributed by atoms with Crippen LogP contribution in [0.5, 0.6) is 17.2 Å². The number of benzene rings is 2. The predicted octanol–water partition coefficient (Wildman–Crippen LogP) is 4.34. The van der Waals surface area contributed by atoms with E-state index in [1.54, 1.807) is 13.2 Å². The summed E-state index contributed by atoms with van der Waals surface area (Å²) in [6.45, 7) is 0.774. The van der Waals surface area contributed by atoms with Gasteiger partial charge in [0, 0.05) is 6.54 Å². The minimum Gasteiger partial charge on any atom is -0.493 e. The first kappa shape index (κ1) is 14.2. The van der Waals surface area contributed by atoms with Crippen molar-refractivity contribution in [1.82, 2.24) is 0 Å². The van der Waals surface area contributed by atoms with Crippen molar-refractivity contribution in [2.24, 2.45) is 0 Å². The Morgan fingerprint density at radius 3 is 2.90 bits per heavy atom. The highest BCUT2D eigenvalue weighted by atomic mass is 35.5. The molecule has 0 unspecified atom stereocenters. The van der Waals surface area contributed by atoms with Crippen molar-refractivity contribution in [3.8, 4) is 17.2 Å². The molecule has 6 heteroatoms. The van der Waals surface area contributed by atoms with Gasteiger partial charge in [0.2, 0.25) is 12.5 Å². The number of anilines is 1. The Morgan fingerprint density at radius 2 is 2.10 bits per heavy atom. The Kier molecular flexibility index (Phi) is 3.99. The van der Waals surface area contributed by atoms with Gasteiger partial charge in [-0.2, -0.15) is 0 Å². The van der Waals surface area contributed by atoms with Crippen LogP contribution in [0.15, 0.2) is 30.3 Å². The molecule has 1 N–H and O–H groups in total. The van der Waals surface area contributed by atoms with E-state index >= 15 is 0 Å². The summed E-state index contributed by atoms with van der Waals surface area (Å²) in [5, 5.41) is 4.27. The number of nitrogens with one attached hydrogen (secondary N) is 1. The highest BCUT2D eigenvalue weighted by molar-refractivity contribution is 6.43. The van der Waals surface area contributed by atoms with E-state index in [-0.39, 0.29) is 6.79 Å². The summed E-state index contributed by atoms with van der Waals surface area (Å²) < 4.78 is 16.1. The molecule has 0 radical (unpaired) electrons. The lowest BCUT2D eigenvalue weighted by Crippen LogP contribution is -2.00. The van der Waals surface area contributed by atoms with Crippen LogP contribution in [0.4, 0.5) is 5.69 Å². The van der Waals surface area contributed by atoms with E-state index in [2.05, 4.69) is 5.32 Å². The van der Waals surface area contributed by atoms with Gasteiger partial charge in [-0.15, -0.1) is 0 Å². The number of hydrogen-bond acceptors (Lipinski definition) is 4. The number of fused-ring (bicyclic) bond motifs is 1. The first-order valence-corrected chi connectivity index (χ1v) is 7.09. The molecule has 1 aliphatic rings. The van der Waals surface area contributed by atoms with E-state index in [9.17, 15) is 0 Å². The SMILES string of the molecule is COc1cc(CNc2cccc(Cl)c2Cl)cc2c1OCO2. The Balaban J connectivity index is 1.81. The molecule has 3 rings (SSSR count). The summed E-state index contributed by atoms with van der Waals surface area (Å²) in [5.41, 5.74) is 1.77. The topological polar surface area (TPSA) is 39.7 Å². The van der Waals surface area contributed by atoms with Crippen LogP contribution >= 0.6 is 23.2 Å². The maximum atomic E-state index is 6.15. The molecule has 2 aromatic rings. The number of halogens is 2. The van der Waals surface area contributed by atoms with Gasteiger partial charge in [-0.3, -0.25) is 0 Å². The molecule has 21 heavy (non-hydrogen) atoms. The number of methoxy groups -OCH3 is 1. The molecule has 0 bridgehead atoms. The van der Waals surface area contributed by atoms with Gasteiger partial charge in [-0.25, -0.2) is 0 Å². The third-order valence-corrected chi connectivity index (χ3v) is 3.97. The summed E-state index contributed by atoms with van der Waals surface area (Å²) in [6, 6.07) is 9.28. The van der Waals surface area contributed by atoms with E-state index in [1.165, 1.54) is 0 Å². The van der Waals surface area contributed by atoms with Crippen LogP contribution in [0.2, 0.25) is 10.0 Å². The molecular weight excluding hydrogens is 313 g/mol. The summed E-state index contributed by atoms with van der Waals surface area (Å²) in [4.78, 5) is 0. The van der Waals surface area contributed by atoms with Gasteiger partial charge in [0.1, 0.15) is 0 Å². The Hall–Kier alpha value is -1.78. The minimum atomic E-state index is 0.211. The highest BCUT2D eigenvalue weighted by Crippen LogP contribution is 2.42. The zero-order chi connectivity index (χ0) is 14.8. The van der Waals surface area contributed by atoms with Crippen LogP contribution in [0.3, 0.4) is 0 Å². The molecule has 0 saturated carbocycles. The van der Waals surface area contributed by atoms with Gasteiger partial charge >= 0.3 is 0 Å². The fraction of sp³-hybridized carbons (Fsp3) is 0.200. The lowest BCUT2D eigenvalue weighted by atomic mass is 10.1. The maximum Gasteiger partial charge on any atom is 0.231 e. The molecule has 0 amide bonds. The third-order valence-electron chi connectivity index (χ3n) is 3.15. The summed E-state index contributed by atoms with van der Waals surface area (Å²) in [6.07, 6.45) is 0. The molecule has 0 saturated heterocycles. The highest BCUT2D eigenvalue weighted by Gasteiger charge is 2.20. The minimum absolute atomic E-state index is 0.211. The molecule has 110 valence electrons. The van der Waals surface area contributed by atoms with E-state index in [1.807, 2.05) is 24.3 Å². The van der Waals surface area contributed by atoms with Gasteiger partial charge in [-0.05, 0) is 29.8 Å². The van der Waals surface area contributed by atoms with Gasteiger partial charge < -0.3 is 19.5 Å². The Morgan fingerprint density at radius 1 is 1.24 bits per heavy atom. The zero-order valence-corrected chi connectivity index (χ0v) is 12.8. The van der Waals surface area contributed by atoms with Crippen molar-refractivity contribution in [1.29, 1.82) is 0 Å². The predicted molar refractivity (Wildman–Crippen MR) is 82.9 cm³/mol. The van der Waals surface area contributed by atoms with E-state index in [0.29, 0.717) is 33.8 Å². The average Bonchev–Trinajstić information content (AvgIpc) is 2.96. The van der Waals surface area contributed by atoms with Crippen molar-refractivity contribution >= 4 is 28.9 Å². The van der Waals surface area contributed by atoms with Gasteiger partial charge in [0.15, 0.2) is 11.5 Å². The quantitative estimate of drug-likeness (QED) is 0.907. The largest absolute Gasteiger partial charge is 0.493 e. The molecule has 0 fully saturated rings. The number of ether oxygens (including phenoxy) is 3. The van der Waals surface area contributed by atoms with Crippen molar-refractivity contribution in [2.45, 2.75) is 6.54 Å². The molecule has 1 aliphatic heterocycles. The van der Waals surface area contributed by atoms with E-state index in [4.69, 9.17) is 37.4 Å². The van der Waals surface area contributed by atoms with Crippen LogP contribution in [-0.2, 0) is 6.54 Å². The van der Waals surface area contributed by atoms with Gasteiger partial charge in [0.25, 0.3) is 0 Å². The summed E-state index contributed by atoms with van der Waals surface area (Å²) in [7, 11) is 1.60. The Bertz CT molecular complexity index is 676. The summed E-state index contributed by atoms with van der Waals surface area (Å²) in [5.74, 6) is 1.98. The molecule has 0 aliphatic carbocycles. The summed E-state index contributed by atoms with van der Waals surface area (Å²) >= 11 is 12.1. The van der Waals surface area contributed by atoms with Crippen LogP contribution in [0.1, 0.15) is 5.56 Å². The van der Waals surface area contributed by atoms with E-state index in [0.717, 1.165) is 11.3 Å². The second-order valence-electron chi connectivity index (χ2n) is 4.49. The van der Waals surface area contributed by atoms with Gasteiger partial charge in [0.05, 0.1) is 22.8 Å². The molecule has 0 atom stereocenters. The second kappa shape index (κ2) is 5.92. The molecule has 0 aromatic heterocycles. The first-order valence-electron chi connectivity index (χ1n) is 6.33. The smallest absolute Gasteiger partial charge is 0.231 e. The number of hydrogen-bond donors (Lipinski definition) is 1. The number of rotatable bonds is 4. The normalized spacial score (nSPS) is 12.3. The zero-order valence-electron chi connectivity index (χ0n) is 11.3. The van der Waals surface area contributed by atoms with Crippen LogP contribution < -0.4 is 19.5 Å². The second-order valence-corrected chi connectivity index (χ2v) is 5.27. The van der Waals surface area contributed by atoms with E-state index < -0.39 is 0 Å². The van der Waals surface area contributed by atoms with Crippen molar-refractivity contribution in [3.63, 3.8) is 0 Å². The third kappa shape index (κ3) is 2.82. The standard InChI is InChI=1S/C15H13Cl2NO3/c1-19-12-5-9(6-13-15(12)21-8-20-13)7-18-11-4-2-3-10(16)14(11)17/h2-6,18H,7-8H2,1H3. The fourth-order valence-electron chi connectivity index (χ4n) is 2.12. The monoisotopic (exact) mass is 325 g/mol. The Labute approximate surface area is 132 Å². The fourth-order valence-corrected chi connectivity index (χ4v) is 2.49. The maximum absolute atomic E-state index is 6.15. The molecule has 4 nitrogen and oxygen atoms in total. The molecule has 0 spiro atoms. The van der Waals surface area contributed by atoms with Gasteiger partial charge in [-0.1, -0.05) is 29.3 Å². The molecule has 2 aromatic carbocycles. The average molecular weight is 326 g/mol. The van der Waals surface area contributed by atoms with Crippen LogP contribution in [0.25, 0.3) is 0 Å². The van der Waals surface area contributed by atoms with Crippen molar-refractivity contribution in [3.05, 3.63) is 45.9 Å². The van der Waals surface area contributed by atoms with Crippen molar-refractivity contribution < 1.29 is 14.2 Å². The first-order chi connectivity index (χ1) is 10.2. The van der Waals surface area contributed by atoms with Crippen molar-refractivity contribution in [2.75, 3.05) is 19.2 Å². The lowest BCUT2D eigenvalue weighted by Gasteiger charge is -2.11. The van der Waals surface area contributed by atoms with Crippen LogP contribution in [-0.4, -0.2) is 13.9 Å². The molecular formula is C15H13Cl2NO3. The van der Waals surface area contributed by atoms with Crippen LogP contribution in [0, 0.1) is 0 Å². The molecule has 1 heterocycles.